The van der Waals surface area contributed by atoms with E-state index in [-0.39, 0.29) is 58.2 Å². The van der Waals surface area contributed by atoms with Crippen LogP contribution in [0, 0.1) is 20.2 Å². The topological polar surface area (TPSA) is 182 Å². The summed E-state index contributed by atoms with van der Waals surface area (Å²) >= 11 is 0. The molecule has 0 unspecified atom stereocenters. The predicted molar refractivity (Wildman–Crippen MR) is 179 cm³/mol. The molecule has 0 aliphatic rings. The van der Waals surface area contributed by atoms with Crippen molar-refractivity contribution in [1.82, 2.24) is 8.80 Å². The molecule has 4 heterocycles. The van der Waals surface area contributed by atoms with Crippen LogP contribution in [0.5, 0.6) is 0 Å². The Morgan fingerprint density at radius 1 is 0.580 bits per heavy atom. The largest absolute Gasteiger partial charge is 0.462 e. The Labute approximate surface area is 282 Å². The van der Waals surface area contributed by atoms with Gasteiger partial charge in [0.25, 0.3) is 11.4 Å². The normalized spacial score (nSPS) is 11.0. The molecular weight excluding hydrogens is 648 g/mol. The molecule has 6 rings (SSSR count). The third-order valence-electron chi connectivity index (χ3n) is 8.01. The van der Waals surface area contributed by atoms with Gasteiger partial charge in [0.2, 0.25) is 11.6 Å². The van der Waals surface area contributed by atoms with E-state index in [0.717, 1.165) is 0 Å². The van der Waals surface area contributed by atoms with Gasteiger partial charge < -0.3 is 18.3 Å². The summed E-state index contributed by atoms with van der Waals surface area (Å²) in [4.78, 5) is 74.2. The molecule has 0 fully saturated rings. The molecule has 14 heteroatoms. The highest BCUT2D eigenvalue weighted by molar-refractivity contribution is 6.12. The van der Waals surface area contributed by atoms with Gasteiger partial charge in [-0.1, -0.05) is 0 Å². The molecule has 0 N–H and O–H groups in total. The van der Waals surface area contributed by atoms with Crippen LogP contribution in [0.3, 0.4) is 0 Å². The van der Waals surface area contributed by atoms with E-state index in [0.29, 0.717) is 22.2 Å². The first kappa shape index (κ1) is 33.0. The highest BCUT2D eigenvalue weighted by atomic mass is 16.6. The van der Waals surface area contributed by atoms with Crippen molar-refractivity contribution in [1.29, 1.82) is 0 Å². The monoisotopic (exact) mass is 674 g/mol. The van der Waals surface area contributed by atoms with Crippen molar-refractivity contribution in [2.24, 2.45) is 0 Å². The second kappa shape index (κ2) is 13.3. The van der Waals surface area contributed by atoms with Crippen molar-refractivity contribution in [2.45, 2.75) is 13.8 Å². The molecule has 2 aromatic carbocycles. The minimum Gasteiger partial charge on any atom is -0.462 e. The van der Waals surface area contributed by atoms with Crippen LogP contribution in [0.15, 0.2) is 97.3 Å². The molecule has 250 valence electrons. The van der Waals surface area contributed by atoms with Crippen LogP contribution < -0.4 is 0 Å². The van der Waals surface area contributed by atoms with Gasteiger partial charge in [0, 0.05) is 47.8 Å². The Balaban J connectivity index is 1.45. The Bertz CT molecular complexity index is 2200. The summed E-state index contributed by atoms with van der Waals surface area (Å²) in [6.07, 6.45) is 3.20. The lowest BCUT2D eigenvalue weighted by Gasteiger charge is -2.09. The first-order valence-electron chi connectivity index (χ1n) is 15.3. The molecular formula is C36H26N4O10. The minimum absolute atomic E-state index is 0.0872. The number of fused-ring (bicyclic) bond motifs is 2. The van der Waals surface area contributed by atoms with E-state index in [2.05, 4.69) is 0 Å². The first-order chi connectivity index (χ1) is 24.0. The molecule has 0 radical (unpaired) electrons. The minimum atomic E-state index is -0.661. The summed E-state index contributed by atoms with van der Waals surface area (Å²) in [5, 5.41) is 22.2. The Morgan fingerprint density at radius 3 is 1.26 bits per heavy atom. The van der Waals surface area contributed by atoms with E-state index in [4.69, 9.17) is 9.47 Å². The number of ether oxygens (including phenoxy) is 2. The van der Waals surface area contributed by atoms with Crippen LogP contribution in [0.25, 0.3) is 22.2 Å². The van der Waals surface area contributed by atoms with Crippen molar-refractivity contribution in [2.75, 3.05) is 13.2 Å². The maximum atomic E-state index is 13.6. The molecule has 0 amide bonds. The third kappa shape index (κ3) is 5.96. The number of carbonyl (C=O) groups excluding carboxylic acids is 4. The van der Waals surface area contributed by atoms with Gasteiger partial charge in [0.15, 0.2) is 0 Å². The number of benzene rings is 2. The lowest BCUT2D eigenvalue weighted by atomic mass is 10.1. The number of non-ortho nitro benzene ring substituents is 2. The highest BCUT2D eigenvalue weighted by Gasteiger charge is 2.25. The Morgan fingerprint density at radius 2 is 0.940 bits per heavy atom. The van der Waals surface area contributed by atoms with Gasteiger partial charge in [-0.2, -0.15) is 0 Å². The van der Waals surface area contributed by atoms with E-state index in [1.165, 1.54) is 69.5 Å². The van der Waals surface area contributed by atoms with E-state index < -0.39 is 33.4 Å². The van der Waals surface area contributed by atoms with E-state index >= 15 is 0 Å². The zero-order chi connectivity index (χ0) is 35.7. The maximum absolute atomic E-state index is 13.6. The lowest BCUT2D eigenvalue weighted by molar-refractivity contribution is -0.385. The number of nitrogens with zero attached hydrogens (tertiary/aromatic N) is 4. The van der Waals surface area contributed by atoms with E-state index in [9.17, 15) is 39.4 Å². The third-order valence-corrected chi connectivity index (χ3v) is 8.01. The molecule has 0 bridgehead atoms. The van der Waals surface area contributed by atoms with Crippen LogP contribution in [0.1, 0.15) is 66.7 Å². The van der Waals surface area contributed by atoms with Crippen molar-refractivity contribution in [3.05, 3.63) is 151 Å². The van der Waals surface area contributed by atoms with Crippen molar-refractivity contribution in [3.63, 3.8) is 0 Å². The van der Waals surface area contributed by atoms with Crippen LogP contribution in [0.4, 0.5) is 11.4 Å². The van der Waals surface area contributed by atoms with Gasteiger partial charge in [-0.3, -0.25) is 29.8 Å². The quantitative estimate of drug-likeness (QED) is 0.0637. The number of esters is 2. The van der Waals surface area contributed by atoms with Crippen LogP contribution in [-0.4, -0.2) is 55.4 Å². The standard InChI is InChI=1S/C36H26N4O10/c1-3-49-35(43)27-19-31(33(41)21-5-9-25(10-6-21)39(45)46)37-15-13-23(17-29(27)37)24-14-16-38-30(18-24)28(36(44)50-4-2)20-32(38)34(42)22-7-11-26(12-8-22)40(47)48/h5-20H,3-4H2,1-2H3. The molecule has 0 spiro atoms. The van der Waals surface area contributed by atoms with E-state index in [1.54, 1.807) is 50.5 Å². The number of nitro groups is 2. The summed E-state index contributed by atoms with van der Waals surface area (Å²) in [5.74, 6) is -2.27. The number of hydrogen-bond donors (Lipinski definition) is 0. The second-order valence-electron chi connectivity index (χ2n) is 10.9. The number of aromatic nitrogens is 2. The molecule has 0 saturated heterocycles. The van der Waals surface area contributed by atoms with Gasteiger partial charge in [0.05, 0.1) is 56.6 Å². The fourth-order valence-electron chi connectivity index (χ4n) is 5.61. The van der Waals surface area contributed by atoms with Gasteiger partial charge in [-0.25, -0.2) is 9.59 Å². The zero-order valence-corrected chi connectivity index (χ0v) is 26.5. The summed E-state index contributed by atoms with van der Waals surface area (Å²) in [6.45, 7) is 3.48. The first-order valence-corrected chi connectivity index (χ1v) is 15.3. The second-order valence-corrected chi connectivity index (χ2v) is 10.9. The molecule has 14 nitrogen and oxygen atoms in total. The average molecular weight is 675 g/mol. The van der Waals surface area contributed by atoms with Gasteiger partial charge >= 0.3 is 11.9 Å². The number of nitro benzene ring substituents is 2. The molecule has 50 heavy (non-hydrogen) atoms. The summed E-state index contributed by atoms with van der Waals surface area (Å²) < 4.78 is 13.6. The van der Waals surface area contributed by atoms with Crippen molar-refractivity contribution in [3.8, 4) is 11.1 Å². The highest BCUT2D eigenvalue weighted by Crippen LogP contribution is 2.30. The molecule has 6 aromatic rings. The Hall–Kier alpha value is -6.96. The van der Waals surface area contributed by atoms with Gasteiger partial charge in [-0.15, -0.1) is 0 Å². The fourth-order valence-corrected chi connectivity index (χ4v) is 5.61. The van der Waals surface area contributed by atoms with Gasteiger partial charge in [-0.05, 0) is 85.6 Å². The molecule has 0 atom stereocenters. The van der Waals surface area contributed by atoms with Crippen LogP contribution >= 0.6 is 0 Å². The summed E-state index contributed by atoms with van der Waals surface area (Å²) in [7, 11) is 0. The predicted octanol–water partition coefficient (Wildman–Crippen LogP) is 6.49. The Kier molecular flexibility index (Phi) is 8.75. The van der Waals surface area contributed by atoms with Crippen LogP contribution in [0.2, 0.25) is 0 Å². The number of rotatable bonds is 11. The van der Waals surface area contributed by atoms with E-state index in [1.807, 2.05) is 0 Å². The smallest absolute Gasteiger partial charge is 0.340 e. The zero-order valence-electron chi connectivity index (χ0n) is 26.5. The molecule has 0 aliphatic carbocycles. The summed E-state index contributed by atoms with van der Waals surface area (Å²) in [5.41, 5.74) is 2.39. The number of pyridine rings is 2. The molecule has 0 saturated carbocycles. The average Bonchev–Trinajstić information content (AvgIpc) is 3.70. The van der Waals surface area contributed by atoms with Crippen LogP contribution in [-0.2, 0) is 9.47 Å². The number of ketones is 2. The fraction of sp³-hybridized carbons (Fsp3) is 0.111. The summed E-state index contributed by atoms with van der Waals surface area (Å²) in [6, 6.07) is 19.8. The molecule has 0 aliphatic heterocycles. The van der Waals surface area contributed by atoms with Crippen molar-refractivity contribution < 1.29 is 38.5 Å². The maximum Gasteiger partial charge on any atom is 0.340 e. The van der Waals surface area contributed by atoms with Crippen molar-refractivity contribution >= 4 is 45.9 Å². The number of carbonyl (C=O) groups is 4. The SMILES string of the molecule is CCOC(=O)c1cc(C(=O)c2ccc([N+](=O)[O-])cc2)n2ccc(-c3ccn4c(C(=O)c5ccc([N+](=O)[O-])cc5)cc(C(=O)OCC)c4c3)cc12. The van der Waals surface area contributed by atoms with Gasteiger partial charge in [0.1, 0.15) is 0 Å². The number of hydrogen-bond acceptors (Lipinski definition) is 10. The molecule has 4 aromatic heterocycles. The lowest BCUT2D eigenvalue weighted by Crippen LogP contribution is -2.05.